The third kappa shape index (κ3) is 7.82. The van der Waals surface area contributed by atoms with E-state index in [4.69, 9.17) is 0 Å². The highest BCUT2D eigenvalue weighted by molar-refractivity contribution is 5.09. The largest absolute Gasteiger partial charge is 0.389 e. The number of aromatic nitrogens is 1. The molecule has 1 heterocycles. The smallest absolute Gasteiger partial charge is 0.314 e. The van der Waals surface area contributed by atoms with Crippen LogP contribution in [0, 0.1) is 0 Å². The van der Waals surface area contributed by atoms with E-state index in [-0.39, 0.29) is 12.5 Å². The molecule has 5 heteroatoms. The molecule has 0 amide bonds. The van der Waals surface area contributed by atoms with Crippen molar-refractivity contribution >= 4 is 0 Å². The Morgan fingerprint density at radius 1 is 1.21 bits per heavy atom. The number of aryl methyl sites for hydroxylation is 1. The van der Waals surface area contributed by atoms with Crippen molar-refractivity contribution in [2.24, 2.45) is 0 Å². The Bertz CT molecular complexity index is 338. The average Bonchev–Trinajstić information content (AvgIpc) is 2.38. The lowest BCUT2D eigenvalue weighted by molar-refractivity contribution is -0.136. The fourth-order valence-corrected chi connectivity index (χ4v) is 1.93. The Balaban J connectivity index is 2.40. The number of rotatable bonds is 8. The molecule has 108 valence electrons. The van der Waals surface area contributed by atoms with Gasteiger partial charge in [-0.05, 0) is 49.9 Å². The van der Waals surface area contributed by atoms with Gasteiger partial charge in [0.2, 0.25) is 0 Å². The number of pyridine rings is 1. The summed E-state index contributed by atoms with van der Waals surface area (Å²) in [5.41, 5.74) is 1.12. The molecule has 2 nitrogen and oxygen atoms in total. The second kappa shape index (κ2) is 8.15. The summed E-state index contributed by atoms with van der Waals surface area (Å²) >= 11 is 0. The minimum absolute atomic E-state index is 0.0743. The van der Waals surface area contributed by atoms with Crippen LogP contribution in [0.1, 0.15) is 38.2 Å². The first-order valence-corrected chi connectivity index (χ1v) is 6.70. The van der Waals surface area contributed by atoms with Crippen LogP contribution in [0.4, 0.5) is 13.2 Å². The van der Waals surface area contributed by atoms with Gasteiger partial charge < -0.3 is 5.32 Å². The van der Waals surface area contributed by atoms with Crippen molar-refractivity contribution in [1.29, 1.82) is 0 Å². The van der Waals surface area contributed by atoms with Crippen LogP contribution < -0.4 is 5.32 Å². The normalized spacial score (nSPS) is 13.5. The van der Waals surface area contributed by atoms with Gasteiger partial charge in [0.15, 0.2) is 0 Å². The number of nitrogens with one attached hydrogen (secondary N) is 1. The summed E-state index contributed by atoms with van der Waals surface area (Å²) < 4.78 is 36.8. The molecule has 1 rings (SSSR count). The van der Waals surface area contributed by atoms with Crippen molar-refractivity contribution in [2.75, 3.05) is 6.54 Å². The van der Waals surface area contributed by atoms with Crippen molar-refractivity contribution in [1.82, 2.24) is 10.3 Å². The van der Waals surface area contributed by atoms with Crippen molar-refractivity contribution < 1.29 is 13.2 Å². The second-order valence-electron chi connectivity index (χ2n) is 4.70. The van der Waals surface area contributed by atoms with Gasteiger partial charge in [-0.3, -0.25) is 4.98 Å². The molecule has 1 atom stereocenters. The summed E-state index contributed by atoms with van der Waals surface area (Å²) in [6, 6.07) is 3.73. The Morgan fingerprint density at radius 2 is 1.89 bits per heavy atom. The minimum atomic E-state index is -4.07. The van der Waals surface area contributed by atoms with Gasteiger partial charge in [0.25, 0.3) is 0 Å². The van der Waals surface area contributed by atoms with Gasteiger partial charge in [-0.25, -0.2) is 0 Å². The van der Waals surface area contributed by atoms with E-state index >= 15 is 0 Å². The molecule has 0 aromatic carbocycles. The molecule has 1 aromatic rings. The molecule has 0 aliphatic rings. The van der Waals surface area contributed by atoms with E-state index in [1.165, 1.54) is 0 Å². The first-order chi connectivity index (χ1) is 9.01. The minimum Gasteiger partial charge on any atom is -0.314 e. The third-order valence-electron chi connectivity index (χ3n) is 2.99. The van der Waals surface area contributed by atoms with Crippen LogP contribution in [0.25, 0.3) is 0 Å². The predicted octanol–water partition coefficient (Wildman–Crippen LogP) is 3.72. The van der Waals surface area contributed by atoms with E-state index < -0.39 is 12.6 Å². The maximum absolute atomic E-state index is 12.3. The van der Waals surface area contributed by atoms with E-state index in [0.29, 0.717) is 0 Å². The molecule has 0 radical (unpaired) electrons. The Morgan fingerprint density at radius 3 is 2.47 bits per heavy atom. The lowest BCUT2D eigenvalue weighted by atomic mass is 10.0. The molecule has 0 bridgehead atoms. The Hall–Kier alpha value is -1.10. The summed E-state index contributed by atoms with van der Waals surface area (Å²) in [4.78, 5) is 3.93. The predicted molar refractivity (Wildman–Crippen MR) is 69.9 cm³/mol. The van der Waals surface area contributed by atoms with Gasteiger partial charge in [-0.2, -0.15) is 13.2 Å². The van der Waals surface area contributed by atoms with E-state index in [1.807, 2.05) is 19.1 Å². The first kappa shape index (κ1) is 16.0. The summed E-state index contributed by atoms with van der Waals surface area (Å²) in [5.74, 6) is 0. The van der Waals surface area contributed by atoms with Crippen molar-refractivity contribution in [3.63, 3.8) is 0 Å². The highest BCUT2D eigenvalue weighted by Gasteiger charge is 2.28. The third-order valence-corrected chi connectivity index (χ3v) is 2.99. The maximum atomic E-state index is 12.3. The molecule has 0 aliphatic heterocycles. The molecule has 1 N–H and O–H groups in total. The monoisotopic (exact) mass is 274 g/mol. The fourth-order valence-electron chi connectivity index (χ4n) is 1.93. The molecular weight excluding hydrogens is 253 g/mol. The maximum Gasteiger partial charge on any atom is 0.389 e. The molecule has 0 saturated carbocycles. The summed E-state index contributed by atoms with van der Waals surface area (Å²) in [6.07, 6.45) is 1.21. The van der Waals surface area contributed by atoms with Crippen molar-refractivity contribution in [2.45, 2.75) is 51.2 Å². The summed E-state index contributed by atoms with van der Waals surface area (Å²) in [5, 5.41) is 3.20. The second-order valence-corrected chi connectivity index (χ2v) is 4.70. The quantitative estimate of drug-likeness (QED) is 0.781. The molecule has 0 spiro atoms. The van der Waals surface area contributed by atoms with Gasteiger partial charge in [0.1, 0.15) is 0 Å². The van der Waals surface area contributed by atoms with E-state index in [0.717, 1.165) is 31.4 Å². The van der Waals surface area contributed by atoms with Crippen LogP contribution in [0.2, 0.25) is 0 Å². The first-order valence-electron chi connectivity index (χ1n) is 6.70. The zero-order valence-electron chi connectivity index (χ0n) is 11.2. The van der Waals surface area contributed by atoms with Crippen LogP contribution in [-0.2, 0) is 6.42 Å². The lowest BCUT2D eigenvalue weighted by Gasteiger charge is -2.19. The SMILES string of the molecule is CCCNC(CCc1ccncc1)CCC(F)(F)F. The van der Waals surface area contributed by atoms with E-state index in [2.05, 4.69) is 10.3 Å². The Labute approximate surface area is 112 Å². The topological polar surface area (TPSA) is 24.9 Å². The number of halogens is 3. The highest BCUT2D eigenvalue weighted by atomic mass is 19.4. The van der Waals surface area contributed by atoms with Crippen LogP contribution in [0.5, 0.6) is 0 Å². The van der Waals surface area contributed by atoms with Crippen molar-refractivity contribution in [3.05, 3.63) is 30.1 Å². The molecule has 0 saturated heterocycles. The van der Waals surface area contributed by atoms with Gasteiger partial charge in [-0.15, -0.1) is 0 Å². The number of alkyl halides is 3. The zero-order valence-corrected chi connectivity index (χ0v) is 11.2. The van der Waals surface area contributed by atoms with Gasteiger partial charge in [0.05, 0.1) is 0 Å². The van der Waals surface area contributed by atoms with Crippen molar-refractivity contribution in [3.8, 4) is 0 Å². The molecular formula is C14H21F3N2. The highest BCUT2D eigenvalue weighted by Crippen LogP contribution is 2.23. The number of hydrogen-bond donors (Lipinski definition) is 1. The molecule has 1 unspecified atom stereocenters. The molecule has 19 heavy (non-hydrogen) atoms. The lowest BCUT2D eigenvalue weighted by Crippen LogP contribution is -2.31. The summed E-state index contributed by atoms with van der Waals surface area (Å²) in [6.45, 7) is 2.77. The van der Waals surface area contributed by atoms with E-state index in [1.54, 1.807) is 12.4 Å². The van der Waals surface area contributed by atoms with Gasteiger partial charge >= 0.3 is 6.18 Å². The van der Waals surface area contributed by atoms with Crippen LogP contribution >= 0.6 is 0 Å². The van der Waals surface area contributed by atoms with Gasteiger partial charge in [-0.1, -0.05) is 6.92 Å². The Kier molecular flexibility index (Phi) is 6.84. The standard InChI is InChI=1S/C14H21F3N2/c1-2-9-19-13(5-8-14(15,16)17)4-3-12-6-10-18-11-7-12/h6-7,10-11,13,19H,2-5,8-9H2,1H3. The van der Waals surface area contributed by atoms with E-state index in [9.17, 15) is 13.2 Å². The fraction of sp³-hybridized carbons (Fsp3) is 0.643. The molecule has 0 fully saturated rings. The number of nitrogens with zero attached hydrogens (tertiary/aromatic N) is 1. The zero-order chi connectivity index (χ0) is 14.1. The van der Waals surface area contributed by atoms with Crippen LogP contribution in [0.3, 0.4) is 0 Å². The van der Waals surface area contributed by atoms with Crippen LogP contribution in [-0.4, -0.2) is 23.7 Å². The summed E-state index contributed by atoms with van der Waals surface area (Å²) in [7, 11) is 0. The molecule has 1 aromatic heterocycles. The van der Waals surface area contributed by atoms with Gasteiger partial charge in [0, 0.05) is 24.9 Å². The molecule has 0 aliphatic carbocycles. The van der Waals surface area contributed by atoms with Crippen LogP contribution in [0.15, 0.2) is 24.5 Å². The number of hydrogen-bond acceptors (Lipinski definition) is 2. The average molecular weight is 274 g/mol.